The second kappa shape index (κ2) is 19.7. The summed E-state index contributed by atoms with van der Waals surface area (Å²) in [5, 5.41) is 0. The standard InChI is InChI=1S/C12H20.2C2H6/c1-5-9-11(7-3)12(8-4)10-6-2;2*1-2/h5,7,9,12H,1,3,6,8,10H2,2,4H3;2*1-2H3/b11-9+;;. The Balaban J connectivity index is -0.000000376. The lowest BCUT2D eigenvalue weighted by atomic mass is 9.91. The number of allylic oxidation sites excluding steroid dienone is 4. The second-order valence-corrected chi connectivity index (χ2v) is 3.00. The molecule has 0 radical (unpaired) electrons. The molecular formula is C16H32. The lowest BCUT2D eigenvalue weighted by Crippen LogP contribution is -2.00. The summed E-state index contributed by atoms with van der Waals surface area (Å²) in [6.07, 6.45) is 9.54. The van der Waals surface area contributed by atoms with Crippen molar-refractivity contribution in [2.45, 2.75) is 60.8 Å². The maximum atomic E-state index is 3.81. The Morgan fingerprint density at radius 2 is 1.56 bits per heavy atom. The van der Waals surface area contributed by atoms with Gasteiger partial charge in [0.2, 0.25) is 0 Å². The van der Waals surface area contributed by atoms with E-state index >= 15 is 0 Å². The van der Waals surface area contributed by atoms with Gasteiger partial charge in [0.25, 0.3) is 0 Å². The highest BCUT2D eigenvalue weighted by Crippen LogP contribution is 2.21. The summed E-state index contributed by atoms with van der Waals surface area (Å²) in [6.45, 7) is 20.0. The number of rotatable bonds is 6. The molecule has 0 bridgehead atoms. The molecule has 1 atom stereocenters. The van der Waals surface area contributed by atoms with Crippen LogP contribution in [0.1, 0.15) is 60.8 Å². The van der Waals surface area contributed by atoms with Gasteiger partial charge >= 0.3 is 0 Å². The molecule has 0 aliphatic heterocycles. The predicted molar refractivity (Wildman–Crippen MR) is 79.9 cm³/mol. The Morgan fingerprint density at radius 1 is 1.06 bits per heavy atom. The van der Waals surface area contributed by atoms with Crippen molar-refractivity contribution in [1.29, 1.82) is 0 Å². The molecule has 0 heteroatoms. The number of hydrogen-bond donors (Lipinski definition) is 0. The quantitative estimate of drug-likeness (QED) is 0.474. The first-order valence-electron chi connectivity index (χ1n) is 6.75. The lowest BCUT2D eigenvalue weighted by molar-refractivity contribution is 0.544. The third-order valence-electron chi connectivity index (χ3n) is 2.15. The highest BCUT2D eigenvalue weighted by molar-refractivity contribution is 5.23. The summed E-state index contributed by atoms with van der Waals surface area (Å²) in [5.74, 6) is 0.672. The van der Waals surface area contributed by atoms with Crippen molar-refractivity contribution in [1.82, 2.24) is 0 Å². The molecule has 16 heavy (non-hydrogen) atoms. The van der Waals surface area contributed by atoms with Crippen molar-refractivity contribution in [2.24, 2.45) is 5.92 Å². The first-order valence-corrected chi connectivity index (χ1v) is 6.75. The molecule has 1 unspecified atom stereocenters. The summed E-state index contributed by atoms with van der Waals surface area (Å²) in [7, 11) is 0. The van der Waals surface area contributed by atoms with Crippen LogP contribution in [0.3, 0.4) is 0 Å². The van der Waals surface area contributed by atoms with Crippen molar-refractivity contribution in [3.8, 4) is 0 Å². The van der Waals surface area contributed by atoms with Gasteiger partial charge < -0.3 is 0 Å². The zero-order valence-corrected chi connectivity index (χ0v) is 12.3. The fourth-order valence-electron chi connectivity index (χ4n) is 1.46. The summed E-state index contributed by atoms with van der Waals surface area (Å²) in [6, 6.07) is 0. The van der Waals surface area contributed by atoms with Crippen LogP contribution in [0.2, 0.25) is 0 Å². The minimum Gasteiger partial charge on any atom is -0.0991 e. The topological polar surface area (TPSA) is 0 Å². The maximum Gasteiger partial charge on any atom is -0.0165 e. The van der Waals surface area contributed by atoms with Crippen LogP contribution in [0.4, 0.5) is 0 Å². The van der Waals surface area contributed by atoms with E-state index in [1.807, 2.05) is 39.8 Å². The molecule has 0 aromatic heterocycles. The van der Waals surface area contributed by atoms with Crippen molar-refractivity contribution < 1.29 is 0 Å². The highest BCUT2D eigenvalue weighted by atomic mass is 14.1. The third-order valence-corrected chi connectivity index (χ3v) is 2.15. The molecule has 0 saturated heterocycles. The van der Waals surface area contributed by atoms with Gasteiger partial charge in [-0.1, -0.05) is 79.3 Å². The molecule has 0 spiro atoms. The van der Waals surface area contributed by atoms with Crippen LogP contribution < -0.4 is 0 Å². The highest BCUT2D eigenvalue weighted by Gasteiger charge is 2.06. The first kappa shape index (κ1) is 20.6. The Labute approximate surface area is 104 Å². The first-order chi connectivity index (χ1) is 7.79. The Kier molecular flexibility index (Phi) is 25.4. The largest absolute Gasteiger partial charge is 0.0991 e. The molecule has 0 saturated carbocycles. The van der Waals surface area contributed by atoms with E-state index in [1.165, 1.54) is 24.8 Å². The Morgan fingerprint density at radius 3 is 1.81 bits per heavy atom. The van der Waals surface area contributed by atoms with Gasteiger partial charge in [0.1, 0.15) is 0 Å². The van der Waals surface area contributed by atoms with E-state index in [9.17, 15) is 0 Å². The molecule has 0 fully saturated rings. The van der Waals surface area contributed by atoms with E-state index < -0.39 is 0 Å². The van der Waals surface area contributed by atoms with Crippen LogP contribution in [0.15, 0.2) is 37.0 Å². The SMILES string of the molecule is C=C/C=C(\C=C)C(CC)CCC.CC.CC. The molecule has 0 amide bonds. The van der Waals surface area contributed by atoms with Gasteiger partial charge in [-0.25, -0.2) is 0 Å². The maximum absolute atomic E-state index is 3.81. The van der Waals surface area contributed by atoms with Crippen LogP contribution in [0, 0.1) is 5.92 Å². The normalized spacial score (nSPS) is 11.2. The van der Waals surface area contributed by atoms with Gasteiger partial charge in [0, 0.05) is 0 Å². The lowest BCUT2D eigenvalue weighted by Gasteiger charge is -2.14. The van der Waals surface area contributed by atoms with Crippen molar-refractivity contribution in [3.05, 3.63) is 37.0 Å². The summed E-state index contributed by atoms with van der Waals surface area (Å²) in [4.78, 5) is 0. The van der Waals surface area contributed by atoms with Crippen LogP contribution in [0.25, 0.3) is 0 Å². The molecule has 0 aliphatic rings. The van der Waals surface area contributed by atoms with Crippen LogP contribution in [0.5, 0.6) is 0 Å². The minimum atomic E-state index is 0.672. The van der Waals surface area contributed by atoms with Crippen molar-refractivity contribution in [3.63, 3.8) is 0 Å². The molecule has 0 heterocycles. The third kappa shape index (κ3) is 11.3. The van der Waals surface area contributed by atoms with Crippen LogP contribution in [-0.2, 0) is 0 Å². The molecule has 0 aromatic rings. The van der Waals surface area contributed by atoms with Gasteiger partial charge in [-0.3, -0.25) is 0 Å². The molecule has 96 valence electrons. The second-order valence-electron chi connectivity index (χ2n) is 3.00. The van der Waals surface area contributed by atoms with E-state index in [0.717, 1.165) is 0 Å². The van der Waals surface area contributed by atoms with Gasteiger partial charge in [-0.2, -0.15) is 0 Å². The fourth-order valence-corrected chi connectivity index (χ4v) is 1.46. The predicted octanol–water partition coefficient (Wildman–Crippen LogP) is 6.16. The van der Waals surface area contributed by atoms with Crippen molar-refractivity contribution >= 4 is 0 Å². The molecule has 0 N–H and O–H groups in total. The van der Waals surface area contributed by atoms with E-state index in [-0.39, 0.29) is 0 Å². The van der Waals surface area contributed by atoms with E-state index in [4.69, 9.17) is 0 Å². The Bertz CT molecular complexity index is 163. The van der Waals surface area contributed by atoms with Crippen LogP contribution >= 0.6 is 0 Å². The fraction of sp³-hybridized carbons (Fsp3) is 0.625. The van der Waals surface area contributed by atoms with E-state index in [2.05, 4.69) is 33.1 Å². The monoisotopic (exact) mass is 224 g/mol. The summed E-state index contributed by atoms with van der Waals surface area (Å²) >= 11 is 0. The van der Waals surface area contributed by atoms with Crippen LogP contribution in [-0.4, -0.2) is 0 Å². The zero-order valence-electron chi connectivity index (χ0n) is 12.3. The average molecular weight is 224 g/mol. The van der Waals surface area contributed by atoms with Gasteiger partial charge in [-0.15, -0.1) is 0 Å². The van der Waals surface area contributed by atoms with E-state index in [0.29, 0.717) is 5.92 Å². The summed E-state index contributed by atoms with van der Waals surface area (Å²) in [5.41, 5.74) is 1.33. The molecule has 0 rings (SSSR count). The molecular weight excluding hydrogens is 192 g/mol. The molecule has 0 aliphatic carbocycles. The molecule has 0 nitrogen and oxygen atoms in total. The number of hydrogen-bond acceptors (Lipinski definition) is 0. The van der Waals surface area contributed by atoms with Gasteiger partial charge in [0.05, 0.1) is 0 Å². The smallest absolute Gasteiger partial charge is 0.0165 e. The van der Waals surface area contributed by atoms with Gasteiger partial charge in [-0.05, 0) is 24.3 Å². The zero-order chi connectivity index (χ0) is 13.4. The summed E-state index contributed by atoms with van der Waals surface area (Å²) < 4.78 is 0. The van der Waals surface area contributed by atoms with Crippen molar-refractivity contribution in [2.75, 3.05) is 0 Å². The Hall–Kier alpha value is -0.780. The minimum absolute atomic E-state index is 0.672. The van der Waals surface area contributed by atoms with Gasteiger partial charge in [0.15, 0.2) is 0 Å². The molecule has 0 aromatic carbocycles. The van der Waals surface area contributed by atoms with E-state index in [1.54, 1.807) is 0 Å². The average Bonchev–Trinajstić information content (AvgIpc) is 2.38.